The molecule has 1 aromatic carbocycles. The Morgan fingerprint density at radius 2 is 2.16 bits per heavy atom. The van der Waals surface area contributed by atoms with Crippen LogP contribution in [-0.2, 0) is 23.2 Å². The van der Waals surface area contributed by atoms with E-state index < -0.39 is 10.0 Å². The fourth-order valence-electron chi connectivity index (χ4n) is 3.80. The first kappa shape index (κ1) is 21.5. The molecular formula is C21H26FN5O3S. The molecule has 1 aliphatic heterocycles. The first-order chi connectivity index (χ1) is 14.9. The molecule has 4 rings (SSSR count). The lowest BCUT2D eigenvalue weighted by atomic mass is 10.1. The molecule has 10 heteroatoms. The third-order valence-electron chi connectivity index (χ3n) is 5.38. The summed E-state index contributed by atoms with van der Waals surface area (Å²) in [6.45, 7) is 5.47. The molecule has 1 N–H and O–H groups in total. The molecule has 1 atom stereocenters. The maximum absolute atomic E-state index is 13.3. The second-order valence-corrected chi connectivity index (χ2v) is 9.66. The van der Waals surface area contributed by atoms with Crippen LogP contribution in [0.15, 0.2) is 41.4 Å². The minimum absolute atomic E-state index is 0.0000578. The molecule has 0 aliphatic carbocycles. The van der Waals surface area contributed by atoms with Crippen LogP contribution in [0, 0.1) is 12.7 Å². The van der Waals surface area contributed by atoms with Crippen LogP contribution in [0.1, 0.15) is 42.8 Å². The van der Waals surface area contributed by atoms with E-state index >= 15 is 0 Å². The minimum atomic E-state index is -3.60. The van der Waals surface area contributed by atoms with Crippen molar-refractivity contribution in [3.8, 4) is 5.75 Å². The minimum Gasteiger partial charge on any atom is -0.487 e. The fraction of sp³-hybridized carbons (Fsp3) is 0.429. The average molecular weight is 448 g/mol. The van der Waals surface area contributed by atoms with Crippen LogP contribution in [0.25, 0.3) is 0 Å². The Kier molecular flexibility index (Phi) is 6.10. The number of rotatable bonds is 8. The van der Waals surface area contributed by atoms with E-state index in [1.807, 2.05) is 13.0 Å². The zero-order chi connectivity index (χ0) is 22.0. The largest absolute Gasteiger partial charge is 0.487 e. The Morgan fingerprint density at radius 1 is 1.32 bits per heavy atom. The number of benzene rings is 1. The Bertz CT molecular complexity index is 1160. The Morgan fingerprint density at radius 3 is 2.94 bits per heavy atom. The standard InChI is InChI=1S/C21H26FN5O3S/c1-3-8-26-13-21(15(2)25-26)31(28,29)27-9-7-16(12-27)20-11-18(23-24-20)14-30-19-6-4-5-17(22)10-19/h4-6,10-11,13,16H,3,7-9,12,14H2,1-2H3,(H,23,24)/t16-/m0/s1. The van der Waals surface area contributed by atoms with Gasteiger partial charge >= 0.3 is 0 Å². The molecule has 0 bridgehead atoms. The monoisotopic (exact) mass is 447 g/mol. The number of nitrogens with zero attached hydrogens (tertiary/aromatic N) is 4. The molecule has 3 heterocycles. The van der Waals surface area contributed by atoms with E-state index in [0.29, 0.717) is 37.5 Å². The highest BCUT2D eigenvalue weighted by Gasteiger charge is 2.36. The number of aromatic nitrogens is 4. The van der Waals surface area contributed by atoms with Gasteiger partial charge in [-0.3, -0.25) is 9.78 Å². The SMILES string of the molecule is CCCn1cc(S(=O)(=O)N2CC[C@H](c3cc(COc4cccc(F)c4)[nH]n3)C2)c(C)n1. The van der Waals surface area contributed by atoms with Crippen LogP contribution < -0.4 is 4.74 Å². The highest BCUT2D eigenvalue weighted by atomic mass is 32.2. The quantitative estimate of drug-likeness (QED) is 0.572. The molecule has 0 unspecified atom stereocenters. The van der Waals surface area contributed by atoms with Crippen molar-refractivity contribution >= 4 is 10.0 Å². The molecule has 0 radical (unpaired) electrons. The van der Waals surface area contributed by atoms with Gasteiger partial charge in [0.25, 0.3) is 0 Å². The van der Waals surface area contributed by atoms with Gasteiger partial charge in [0, 0.05) is 37.8 Å². The normalized spacial score (nSPS) is 17.3. The number of ether oxygens (including phenoxy) is 1. The van der Waals surface area contributed by atoms with E-state index in [4.69, 9.17) is 4.74 Å². The van der Waals surface area contributed by atoms with Crippen molar-refractivity contribution in [3.05, 3.63) is 59.4 Å². The smallest absolute Gasteiger partial charge is 0.246 e. The molecule has 0 spiro atoms. The van der Waals surface area contributed by atoms with Gasteiger partial charge in [0.1, 0.15) is 23.1 Å². The van der Waals surface area contributed by atoms with Gasteiger partial charge in [-0.05, 0) is 38.0 Å². The number of hydrogen-bond donors (Lipinski definition) is 1. The fourth-order valence-corrected chi connectivity index (χ4v) is 5.47. The molecule has 1 saturated heterocycles. The molecule has 0 saturated carbocycles. The summed E-state index contributed by atoms with van der Waals surface area (Å²) >= 11 is 0. The number of sulfonamides is 1. The molecule has 166 valence electrons. The summed E-state index contributed by atoms with van der Waals surface area (Å²) in [6, 6.07) is 7.83. The van der Waals surface area contributed by atoms with Crippen molar-refractivity contribution in [2.75, 3.05) is 13.1 Å². The van der Waals surface area contributed by atoms with Crippen LogP contribution in [0.5, 0.6) is 5.75 Å². The average Bonchev–Trinajstić information content (AvgIpc) is 3.46. The maximum Gasteiger partial charge on any atom is 0.246 e. The lowest BCUT2D eigenvalue weighted by molar-refractivity contribution is 0.299. The van der Waals surface area contributed by atoms with E-state index in [0.717, 1.165) is 17.8 Å². The lowest BCUT2D eigenvalue weighted by Gasteiger charge is -2.15. The van der Waals surface area contributed by atoms with Crippen molar-refractivity contribution in [2.45, 2.75) is 50.7 Å². The van der Waals surface area contributed by atoms with E-state index in [1.54, 1.807) is 29.9 Å². The number of aryl methyl sites for hydroxylation is 2. The van der Waals surface area contributed by atoms with Gasteiger partial charge in [-0.2, -0.15) is 14.5 Å². The van der Waals surface area contributed by atoms with Gasteiger partial charge in [0.05, 0.1) is 17.1 Å². The van der Waals surface area contributed by atoms with Gasteiger partial charge in [0.15, 0.2) is 0 Å². The second-order valence-electron chi connectivity index (χ2n) is 7.75. The molecule has 1 fully saturated rings. The van der Waals surface area contributed by atoms with Crippen molar-refractivity contribution in [3.63, 3.8) is 0 Å². The van der Waals surface area contributed by atoms with E-state index in [1.165, 1.54) is 16.4 Å². The lowest BCUT2D eigenvalue weighted by Crippen LogP contribution is -2.29. The Labute approximate surface area is 181 Å². The van der Waals surface area contributed by atoms with Crippen molar-refractivity contribution in [2.24, 2.45) is 0 Å². The second kappa shape index (κ2) is 8.80. The highest BCUT2D eigenvalue weighted by molar-refractivity contribution is 7.89. The molecule has 1 aliphatic rings. The number of hydrogen-bond acceptors (Lipinski definition) is 5. The summed E-state index contributed by atoms with van der Waals surface area (Å²) in [6.07, 6.45) is 3.20. The van der Waals surface area contributed by atoms with Gasteiger partial charge < -0.3 is 4.74 Å². The third-order valence-corrected chi connectivity index (χ3v) is 7.35. The van der Waals surface area contributed by atoms with Gasteiger partial charge in [-0.15, -0.1) is 0 Å². The maximum atomic E-state index is 13.3. The molecule has 0 amide bonds. The van der Waals surface area contributed by atoms with Crippen molar-refractivity contribution in [1.82, 2.24) is 24.3 Å². The zero-order valence-electron chi connectivity index (χ0n) is 17.6. The molecule has 8 nitrogen and oxygen atoms in total. The predicted molar refractivity (Wildman–Crippen MR) is 113 cm³/mol. The zero-order valence-corrected chi connectivity index (χ0v) is 18.4. The number of aromatic amines is 1. The molecular weight excluding hydrogens is 421 g/mol. The van der Waals surface area contributed by atoms with Crippen LogP contribution in [-0.4, -0.2) is 45.8 Å². The number of halogens is 1. The third kappa shape index (κ3) is 4.64. The topological polar surface area (TPSA) is 93.1 Å². The van der Waals surface area contributed by atoms with Gasteiger partial charge in [-0.25, -0.2) is 12.8 Å². The summed E-state index contributed by atoms with van der Waals surface area (Å²) in [5.74, 6) is 0.0822. The number of nitrogens with one attached hydrogen (secondary N) is 1. The summed E-state index contributed by atoms with van der Waals surface area (Å²) in [7, 11) is -3.60. The summed E-state index contributed by atoms with van der Waals surface area (Å²) in [4.78, 5) is 0.271. The van der Waals surface area contributed by atoms with E-state index in [9.17, 15) is 12.8 Å². The van der Waals surface area contributed by atoms with E-state index in [2.05, 4.69) is 15.3 Å². The van der Waals surface area contributed by atoms with Crippen LogP contribution in [0.3, 0.4) is 0 Å². The molecule has 2 aromatic heterocycles. The van der Waals surface area contributed by atoms with E-state index in [-0.39, 0.29) is 23.2 Å². The summed E-state index contributed by atoms with van der Waals surface area (Å²) < 4.78 is 48.3. The van der Waals surface area contributed by atoms with Crippen LogP contribution in [0.2, 0.25) is 0 Å². The predicted octanol–water partition coefficient (Wildman–Crippen LogP) is 3.22. The Balaban J connectivity index is 1.41. The number of H-pyrrole nitrogens is 1. The van der Waals surface area contributed by atoms with Gasteiger partial charge in [-0.1, -0.05) is 13.0 Å². The van der Waals surface area contributed by atoms with Crippen molar-refractivity contribution in [1.29, 1.82) is 0 Å². The summed E-state index contributed by atoms with van der Waals surface area (Å²) in [5, 5.41) is 11.6. The van der Waals surface area contributed by atoms with Crippen molar-refractivity contribution < 1.29 is 17.5 Å². The Hall–Kier alpha value is -2.72. The highest BCUT2D eigenvalue weighted by Crippen LogP contribution is 2.31. The summed E-state index contributed by atoms with van der Waals surface area (Å²) in [5.41, 5.74) is 2.07. The first-order valence-corrected chi connectivity index (χ1v) is 11.8. The molecule has 31 heavy (non-hydrogen) atoms. The van der Waals surface area contributed by atoms with Crippen LogP contribution >= 0.6 is 0 Å². The van der Waals surface area contributed by atoms with Crippen LogP contribution in [0.4, 0.5) is 4.39 Å². The van der Waals surface area contributed by atoms with Gasteiger partial charge in [0.2, 0.25) is 10.0 Å². The molecule has 3 aromatic rings. The first-order valence-electron chi connectivity index (χ1n) is 10.3.